The van der Waals surface area contributed by atoms with E-state index in [9.17, 15) is 4.79 Å². The first-order valence-corrected chi connectivity index (χ1v) is 6.57. The number of halogens is 1. The molecule has 3 rings (SSSR count). The summed E-state index contributed by atoms with van der Waals surface area (Å²) in [5.74, 6) is 0.168. The smallest absolute Gasteiger partial charge is 0.343 e. The summed E-state index contributed by atoms with van der Waals surface area (Å²) in [5.41, 5.74) is 0.474. The van der Waals surface area contributed by atoms with Crippen molar-refractivity contribution in [1.82, 2.24) is 0 Å². The highest BCUT2D eigenvalue weighted by atomic mass is 35.5. The molecule has 0 saturated carbocycles. The molecule has 0 bridgehead atoms. The van der Waals surface area contributed by atoms with Gasteiger partial charge in [0, 0.05) is 10.4 Å². The first-order valence-electron chi connectivity index (χ1n) is 6.19. The molecule has 0 aliphatic heterocycles. The average molecular weight is 283 g/mol. The zero-order valence-corrected chi connectivity index (χ0v) is 11.3. The molecule has 0 heterocycles. The number of carbonyl (C=O) groups excluding carboxylic acids is 1. The van der Waals surface area contributed by atoms with Crippen LogP contribution in [0, 0.1) is 0 Å². The van der Waals surface area contributed by atoms with Crippen molar-refractivity contribution in [2.24, 2.45) is 0 Å². The minimum atomic E-state index is -0.391. The van der Waals surface area contributed by atoms with E-state index in [1.54, 1.807) is 30.3 Å². The van der Waals surface area contributed by atoms with Crippen molar-refractivity contribution < 1.29 is 9.53 Å². The lowest BCUT2D eigenvalue weighted by atomic mass is 10.1. The summed E-state index contributed by atoms with van der Waals surface area (Å²) in [6, 6.07) is 20.1. The van der Waals surface area contributed by atoms with Gasteiger partial charge in [-0.2, -0.15) is 0 Å². The summed E-state index contributed by atoms with van der Waals surface area (Å²) in [4.78, 5) is 12.1. The van der Waals surface area contributed by atoms with Gasteiger partial charge in [-0.15, -0.1) is 0 Å². The van der Waals surface area contributed by atoms with Gasteiger partial charge in [0.25, 0.3) is 0 Å². The molecule has 0 atom stereocenters. The number of ether oxygens (including phenoxy) is 1. The zero-order chi connectivity index (χ0) is 13.9. The van der Waals surface area contributed by atoms with Crippen molar-refractivity contribution in [3.63, 3.8) is 0 Å². The third-order valence-corrected chi connectivity index (χ3v) is 3.28. The maximum absolute atomic E-state index is 12.1. The molecule has 0 fully saturated rings. The quantitative estimate of drug-likeness (QED) is 0.502. The van der Waals surface area contributed by atoms with Crippen LogP contribution in [0.25, 0.3) is 10.8 Å². The van der Waals surface area contributed by atoms with E-state index in [1.165, 1.54) is 0 Å². The summed E-state index contributed by atoms with van der Waals surface area (Å²) in [5, 5.41) is 2.54. The van der Waals surface area contributed by atoms with Crippen molar-refractivity contribution in [2.45, 2.75) is 0 Å². The third-order valence-electron chi connectivity index (χ3n) is 3.03. The van der Waals surface area contributed by atoms with Gasteiger partial charge in [-0.05, 0) is 35.7 Å². The van der Waals surface area contributed by atoms with E-state index in [-0.39, 0.29) is 0 Å². The summed E-state index contributed by atoms with van der Waals surface area (Å²) in [6.07, 6.45) is 0. The van der Waals surface area contributed by atoms with Gasteiger partial charge in [0.1, 0.15) is 5.75 Å². The monoisotopic (exact) mass is 282 g/mol. The lowest BCUT2D eigenvalue weighted by molar-refractivity contribution is 0.0737. The molecule has 0 aliphatic rings. The molecule has 0 saturated heterocycles. The van der Waals surface area contributed by atoms with E-state index in [2.05, 4.69) is 0 Å². The Morgan fingerprint density at radius 2 is 1.55 bits per heavy atom. The lowest BCUT2D eigenvalue weighted by Crippen LogP contribution is -2.08. The Morgan fingerprint density at radius 3 is 2.35 bits per heavy atom. The minimum absolute atomic E-state index is 0.391. The van der Waals surface area contributed by atoms with Crippen LogP contribution in [0.1, 0.15) is 10.4 Å². The van der Waals surface area contributed by atoms with Crippen LogP contribution in [0.15, 0.2) is 66.7 Å². The number of esters is 1. The third kappa shape index (κ3) is 2.51. The minimum Gasteiger partial charge on any atom is -0.422 e. The van der Waals surface area contributed by atoms with Gasteiger partial charge in [0.15, 0.2) is 0 Å². The Balaban J connectivity index is 1.93. The molecule has 20 heavy (non-hydrogen) atoms. The molecule has 3 heteroatoms. The van der Waals surface area contributed by atoms with Crippen LogP contribution in [0.3, 0.4) is 0 Å². The Kier molecular flexibility index (Phi) is 3.40. The first-order chi connectivity index (χ1) is 9.74. The average Bonchev–Trinajstić information content (AvgIpc) is 2.48. The Hall–Kier alpha value is -2.32. The van der Waals surface area contributed by atoms with Gasteiger partial charge < -0.3 is 4.74 Å². The molecule has 3 aromatic carbocycles. The lowest BCUT2D eigenvalue weighted by Gasteiger charge is -2.07. The molecule has 0 spiro atoms. The van der Waals surface area contributed by atoms with Crippen LogP contribution in [0.4, 0.5) is 0 Å². The van der Waals surface area contributed by atoms with Gasteiger partial charge in [-0.25, -0.2) is 4.79 Å². The standard InChI is InChI=1S/C17H11ClO2/c18-14-10-8-13(9-11-14)17(19)20-16-7-3-5-12-4-1-2-6-15(12)16/h1-11H. The van der Waals surface area contributed by atoms with Crippen LogP contribution in [-0.2, 0) is 0 Å². The van der Waals surface area contributed by atoms with E-state index in [0.29, 0.717) is 16.3 Å². The van der Waals surface area contributed by atoms with Crippen LogP contribution < -0.4 is 4.74 Å². The molecule has 0 unspecified atom stereocenters. The van der Waals surface area contributed by atoms with Gasteiger partial charge in [0.05, 0.1) is 5.56 Å². The number of fused-ring (bicyclic) bond motifs is 1. The van der Waals surface area contributed by atoms with Gasteiger partial charge in [0.2, 0.25) is 0 Å². The van der Waals surface area contributed by atoms with Crippen molar-refractivity contribution in [1.29, 1.82) is 0 Å². The SMILES string of the molecule is O=C(Oc1cccc2ccccc12)c1ccc(Cl)cc1. The van der Waals surface area contributed by atoms with Crippen molar-refractivity contribution in [3.8, 4) is 5.75 Å². The molecule has 0 amide bonds. The second-order valence-corrected chi connectivity index (χ2v) is 4.81. The molecule has 2 nitrogen and oxygen atoms in total. The highest BCUT2D eigenvalue weighted by Crippen LogP contribution is 2.26. The number of hydrogen-bond acceptors (Lipinski definition) is 2. The second-order valence-electron chi connectivity index (χ2n) is 4.37. The van der Waals surface area contributed by atoms with Crippen molar-refractivity contribution >= 4 is 28.3 Å². The fourth-order valence-corrected chi connectivity index (χ4v) is 2.16. The van der Waals surface area contributed by atoms with Crippen LogP contribution in [0.5, 0.6) is 5.75 Å². The molecule has 98 valence electrons. The molecule has 0 aromatic heterocycles. The molecular weight excluding hydrogens is 272 g/mol. The highest BCUT2D eigenvalue weighted by molar-refractivity contribution is 6.30. The largest absolute Gasteiger partial charge is 0.422 e. The molecule has 0 N–H and O–H groups in total. The Bertz CT molecular complexity index is 758. The van der Waals surface area contributed by atoms with E-state index >= 15 is 0 Å². The molecule has 0 radical (unpaired) electrons. The van der Waals surface area contributed by atoms with Crippen molar-refractivity contribution in [3.05, 3.63) is 77.3 Å². The Morgan fingerprint density at radius 1 is 0.850 bits per heavy atom. The van der Waals surface area contributed by atoms with E-state index < -0.39 is 5.97 Å². The molecular formula is C17H11ClO2. The summed E-state index contributed by atoms with van der Waals surface area (Å²) >= 11 is 5.80. The predicted octanol–water partition coefficient (Wildman–Crippen LogP) is 4.71. The number of rotatable bonds is 2. The first kappa shape index (κ1) is 12.7. The predicted molar refractivity (Wildman–Crippen MR) is 80.4 cm³/mol. The number of hydrogen-bond donors (Lipinski definition) is 0. The normalized spacial score (nSPS) is 10.4. The Labute approximate surface area is 121 Å². The van der Waals surface area contributed by atoms with Crippen molar-refractivity contribution in [2.75, 3.05) is 0 Å². The zero-order valence-electron chi connectivity index (χ0n) is 10.5. The number of benzene rings is 3. The van der Waals surface area contributed by atoms with E-state index in [0.717, 1.165) is 10.8 Å². The maximum atomic E-state index is 12.1. The fraction of sp³-hybridized carbons (Fsp3) is 0. The van der Waals surface area contributed by atoms with E-state index in [1.807, 2.05) is 36.4 Å². The van der Waals surface area contributed by atoms with Crippen LogP contribution in [-0.4, -0.2) is 5.97 Å². The maximum Gasteiger partial charge on any atom is 0.343 e. The van der Waals surface area contributed by atoms with E-state index in [4.69, 9.17) is 16.3 Å². The summed E-state index contributed by atoms with van der Waals surface area (Å²) in [6.45, 7) is 0. The summed E-state index contributed by atoms with van der Waals surface area (Å²) in [7, 11) is 0. The van der Waals surface area contributed by atoms with Gasteiger partial charge in [-0.3, -0.25) is 0 Å². The van der Waals surface area contributed by atoms with Gasteiger partial charge in [-0.1, -0.05) is 48.0 Å². The molecule has 0 aliphatic carbocycles. The number of carbonyl (C=O) groups is 1. The molecule has 3 aromatic rings. The van der Waals surface area contributed by atoms with Crippen LogP contribution in [0.2, 0.25) is 5.02 Å². The van der Waals surface area contributed by atoms with Gasteiger partial charge >= 0.3 is 5.97 Å². The fourth-order valence-electron chi connectivity index (χ4n) is 2.03. The second kappa shape index (κ2) is 5.35. The summed E-state index contributed by atoms with van der Waals surface area (Å²) < 4.78 is 5.47. The topological polar surface area (TPSA) is 26.3 Å². The van der Waals surface area contributed by atoms with Crippen LogP contribution >= 0.6 is 11.6 Å². The highest BCUT2D eigenvalue weighted by Gasteiger charge is 2.10.